The Morgan fingerprint density at radius 3 is 2.62 bits per heavy atom. The molecular formula is C17H19N5O3S. The normalized spacial score (nSPS) is 23.6. The summed E-state index contributed by atoms with van der Waals surface area (Å²) in [5.41, 5.74) is 0.287. The molecule has 9 heteroatoms. The van der Waals surface area contributed by atoms with Crippen LogP contribution in [-0.4, -0.2) is 64.2 Å². The molecule has 3 aliphatic heterocycles. The number of sulfonamides is 1. The highest BCUT2D eigenvalue weighted by molar-refractivity contribution is 7.89. The highest BCUT2D eigenvalue weighted by Gasteiger charge is 2.42. The maximum absolute atomic E-state index is 13.0. The average Bonchev–Trinajstić information content (AvgIpc) is 3.01. The minimum atomic E-state index is -3.63. The molecule has 0 saturated carbocycles. The second-order valence-corrected chi connectivity index (χ2v) is 8.55. The van der Waals surface area contributed by atoms with E-state index in [1.165, 1.54) is 24.8 Å². The third kappa shape index (κ3) is 3.08. The molecule has 26 heavy (non-hydrogen) atoms. The van der Waals surface area contributed by atoms with Gasteiger partial charge in [0.15, 0.2) is 0 Å². The van der Waals surface area contributed by atoms with Crippen LogP contribution < -0.4 is 0 Å². The molecular weight excluding hydrogens is 354 g/mol. The number of rotatable bonds is 3. The van der Waals surface area contributed by atoms with Crippen molar-refractivity contribution >= 4 is 15.9 Å². The molecule has 136 valence electrons. The average molecular weight is 373 g/mol. The predicted octanol–water partition coefficient (Wildman–Crippen LogP) is 0.797. The van der Waals surface area contributed by atoms with Gasteiger partial charge in [-0.15, -0.1) is 0 Å². The number of fused-ring (bicyclic) bond motifs is 4. The molecule has 2 aromatic rings. The molecule has 3 fully saturated rings. The van der Waals surface area contributed by atoms with Crippen molar-refractivity contribution in [3.8, 4) is 0 Å². The van der Waals surface area contributed by atoms with Crippen LogP contribution in [0.1, 0.15) is 23.3 Å². The van der Waals surface area contributed by atoms with E-state index in [2.05, 4.69) is 15.0 Å². The van der Waals surface area contributed by atoms with Gasteiger partial charge in [0, 0.05) is 50.5 Å². The first-order chi connectivity index (χ1) is 12.6. The maximum Gasteiger partial charge on any atom is 0.274 e. The van der Waals surface area contributed by atoms with E-state index in [0.717, 1.165) is 12.8 Å². The first-order valence-electron chi connectivity index (χ1n) is 8.53. The van der Waals surface area contributed by atoms with Crippen molar-refractivity contribution in [3.05, 3.63) is 48.8 Å². The topological polar surface area (TPSA) is 96.4 Å². The van der Waals surface area contributed by atoms with E-state index in [1.54, 1.807) is 27.5 Å². The second kappa shape index (κ2) is 6.73. The quantitative estimate of drug-likeness (QED) is 0.789. The van der Waals surface area contributed by atoms with Crippen molar-refractivity contribution in [2.75, 3.05) is 19.6 Å². The van der Waals surface area contributed by atoms with Crippen LogP contribution in [0.25, 0.3) is 0 Å². The number of carbonyl (C=O) groups is 1. The Morgan fingerprint density at radius 2 is 1.88 bits per heavy atom. The lowest BCUT2D eigenvalue weighted by atomic mass is 9.97. The summed E-state index contributed by atoms with van der Waals surface area (Å²) >= 11 is 0. The molecule has 0 unspecified atom stereocenters. The predicted molar refractivity (Wildman–Crippen MR) is 92.6 cm³/mol. The van der Waals surface area contributed by atoms with Crippen molar-refractivity contribution in [2.45, 2.75) is 23.8 Å². The van der Waals surface area contributed by atoms with Crippen molar-refractivity contribution in [3.63, 3.8) is 0 Å². The number of carbonyl (C=O) groups excluding carboxylic acids is 1. The van der Waals surface area contributed by atoms with E-state index in [9.17, 15) is 13.2 Å². The summed E-state index contributed by atoms with van der Waals surface area (Å²) in [5.74, 6) is -0.0866. The highest BCUT2D eigenvalue weighted by atomic mass is 32.2. The van der Waals surface area contributed by atoms with E-state index in [-0.39, 0.29) is 28.5 Å². The Balaban J connectivity index is 1.60. The second-order valence-electron chi connectivity index (χ2n) is 6.66. The SMILES string of the molecule is O=C(c1cnccn1)N1C[C@@H]2CC[C@H](C1)N(S(=O)(=O)c1cccnc1)C2. The number of nitrogens with zero attached hydrogens (tertiary/aromatic N) is 5. The number of piperidine rings is 1. The zero-order valence-corrected chi connectivity index (χ0v) is 14.9. The number of pyridine rings is 1. The molecule has 0 radical (unpaired) electrons. The van der Waals surface area contributed by atoms with Crippen LogP contribution in [0.15, 0.2) is 48.0 Å². The number of hydrogen-bond donors (Lipinski definition) is 0. The Labute approximate surface area is 151 Å². The van der Waals surface area contributed by atoms with E-state index in [0.29, 0.717) is 19.6 Å². The van der Waals surface area contributed by atoms with Gasteiger partial charge in [-0.05, 0) is 30.9 Å². The smallest absolute Gasteiger partial charge is 0.274 e. The molecule has 3 saturated heterocycles. The van der Waals surface area contributed by atoms with Crippen LogP contribution in [0.5, 0.6) is 0 Å². The van der Waals surface area contributed by atoms with Gasteiger partial charge in [-0.2, -0.15) is 4.31 Å². The van der Waals surface area contributed by atoms with Crippen molar-refractivity contribution in [2.24, 2.45) is 5.92 Å². The van der Waals surface area contributed by atoms with Crippen LogP contribution in [0.3, 0.4) is 0 Å². The van der Waals surface area contributed by atoms with E-state index < -0.39 is 10.0 Å². The van der Waals surface area contributed by atoms with Gasteiger partial charge in [0.1, 0.15) is 10.6 Å². The Hall–Kier alpha value is -2.39. The summed E-state index contributed by atoms with van der Waals surface area (Å²) in [6.07, 6.45) is 9.02. The van der Waals surface area contributed by atoms with Gasteiger partial charge in [0.05, 0.1) is 6.20 Å². The van der Waals surface area contributed by atoms with Crippen LogP contribution in [-0.2, 0) is 10.0 Å². The molecule has 0 aliphatic carbocycles. The molecule has 5 heterocycles. The zero-order valence-electron chi connectivity index (χ0n) is 14.1. The van der Waals surface area contributed by atoms with E-state index >= 15 is 0 Å². The van der Waals surface area contributed by atoms with Crippen LogP contribution in [0.4, 0.5) is 0 Å². The number of hydrogen-bond acceptors (Lipinski definition) is 6. The van der Waals surface area contributed by atoms with Gasteiger partial charge in [-0.3, -0.25) is 14.8 Å². The molecule has 2 atom stereocenters. The summed E-state index contributed by atoms with van der Waals surface area (Å²) in [6.45, 7) is 1.32. The Kier molecular flexibility index (Phi) is 4.41. The maximum atomic E-state index is 13.0. The zero-order chi connectivity index (χ0) is 18.1. The Bertz CT molecular complexity index is 891. The van der Waals surface area contributed by atoms with Crippen LogP contribution in [0, 0.1) is 5.92 Å². The lowest BCUT2D eigenvalue weighted by molar-refractivity contribution is 0.0739. The third-order valence-electron chi connectivity index (χ3n) is 4.97. The Morgan fingerprint density at radius 1 is 1.04 bits per heavy atom. The largest absolute Gasteiger partial charge is 0.335 e. The fourth-order valence-corrected chi connectivity index (χ4v) is 5.39. The summed E-state index contributed by atoms with van der Waals surface area (Å²) < 4.78 is 27.6. The molecule has 0 N–H and O–H groups in total. The monoisotopic (exact) mass is 373 g/mol. The first-order valence-corrected chi connectivity index (χ1v) is 9.97. The summed E-state index contributed by atoms with van der Waals surface area (Å²) in [7, 11) is -3.63. The molecule has 0 aromatic carbocycles. The van der Waals surface area contributed by atoms with Crippen molar-refractivity contribution in [1.82, 2.24) is 24.2 Å². The third-order valence-corrected chi connectivity index (χ3v) is 6.88. The van der Waals surface area contributed by atoms with Crippen LogP contribution >= 0.6 is 0 Å². The van der Waals surface area contributed by atoms with Crippen molar-refractivity contribution in [1.29, 1.82) is 0 Å². The lowest BCUT2D eigenvalue weighted by Crippen LogP contribution is -2.47. The number of amides is 1. The molecule has 0 spiro atoms. The molecule has 1 amide bonds. The first kappa shape index (κ1) is 17.0. The number of aromatic nitrogens is 3. The van der Waals surface area contributed by atoms with Crippen LogP contribution in [0.2, 0.25) is 0 Å². The fraction of sp³-hybridized carbons (Fsp3) is 0.412. The van der Waals surface area contributed by atoms with Crippen molar-refractivity contribution < 1.29 is 13.2 Å². The van der Waals surface area contributed by atoms with Gasteiger partial charge >= 0.3 is 0 Å². The molecule has 2 bridgehead atoms. The van der Waals surface area contributed by atoms with Gasteiger partial charge < -0.3 is 4.90 Å². The van der Waals surface area contributed by atoms with Gasteiger partial charge in [-0.1, -0.05) is 0 Å². The standard InChI is InChI=1S/C17H19N5O3S/c23-17(16-9-19-6-7-20-16)21-10-13-3-4-14(12-21)22(11-13)26(24,25)15-2-1-5-18-8-15/h1-2,5-9,13-14H,3-4,10-12H2/t13-,14+/m0/s1. The van der Waals surface area contributed by atoms with Gasteiger partial charge in [0.2, 0.25) is 10.0 Å². The molecule has 8 nitrogen and oxygen atoms in total. The molecule has 5 rings (SSSR count). The molecule has 2 aromatic heterocycles. The summed E-state index contributed by atoms with van der Waals surface area (Å²) in [4.78, 5) is 26.6. The van der Waals surface area contributed by atoms with E-state index in [4.69, 9.17) is 0 Å². The summed E-state index contributed by atoms with van der Waals surface area (Å²) in [5, 5.41) is 0. The minimum Gasteiger partial charge on any atom is -0.335 e. The minimum absolute atomic E-state index is 0.112. The van der Waals surface area contributed by atoms with Gasteiger partial charge in [0.25, 0.3) is 5.91 Å². The van der Waals surface area contributed by atoms with Gasteiger partial charge in [-0.25, -0.2) is 13.4 Å². The summed E-state index contributed by atoms with van der Waals surface area (Å²) in [6, 6.07) is 2.94. The highest BCUT2D eigenvalue weighted by Crippen LogP contribution is 2.32. The fourth-order valence-electron chi connectivity index (χ4n) is 3.71. The molecule has 3 aliphatic rings. The van der Waals surface area contributed by atoms with E-state index in [1.807, 2.05) is 0 Å². The lowest BCUT2D eigenvalue weighted by Gasteiger charge is -2.34.